The average molecular weight is 248 g/mol. The van der Waals surface area contributed by atoms with Crippen molar-refractivity contribution < 1.29 is 4.79 Å². The van der Waals surface area contributed by atoms with E-state index < -0.39 is 0 Å². The molecule has 0 saturated carbocycles. The summed E-state index contributed by atoms with van der Waals surface area (Å²) in [6.45, 7) is 3.87. The van der Waals surface area contributed by atoms with Gasteiger partial charge in [0.05, 0.1) is 0 Å². The molecule has 0 aromatic carbocycles. The summed E-state index contributed by atoms with van der Waals surface area (Å²) in [4.78, 5) is 25.5. The number of carbonyl (C=O) groups excluding carboxylic acids is 1. The number of aromatic nitrogens is 2. The third-order valence-corrected chi connectivity index (χ3v) is 3.39. The van der Waals surface area contributed by atoms with E-state index in [1.165, 1.54) is 16.9 Å². The Hall–Kier alpha value is -1.75. The second-order valence-corrected chi connectivity index (χ2v) is 5.23. The van der Waals surface area contributed by atoms with Gasteiger partial charge < -0.3 is 0 Å². The van der Waals surface area contributed by atoms with Gasteiger partial charge in [-0.1, -0.05) is 0 Å². The zero-order chi connectivity index (χ0) is 12.4. The van der Waals surface area contributed by atoms with Crippen LogP contribution in [0.25, 0.3) is 0 Å². The fourth-order valence-electron chi connectivity index (χ4n) is 1.63. The van der Waals surface area contributed by atoms with Crippen molar-refractivity contribution in [3.63, 3.8) is 0 Å². The van der Waals surface area contributed by atoms with Crippen LogP contribution in [-0.4, -0.2) is 15.6 Å². The zero-order valence-corrected chi connectivity index (χ0v) is 10.5. The summed E-state index contributed by atoms with van der Waals surface area (Å²) in [5.41, 5.74) is 0.426. The monoisotopic (exact) mass is 248 g/mol. The van der Waals surface area contributed by atoms with Gasteiger partial charge in [0.25, 0.3) is 5.56 Å². The normalized spacial score (nSPS) is 10.5. The Morgan fingerprint density at radius 3 is 2.82 bits per heavy atom. The maximum atomic E-state index is 12.0. The van der Waals surface area contributed by atoms with Crippen molar-refractivity contribution in [3.05, 3.63) is 50.1 Å². The van der Waals surface area contributed by atoms with Gasteiger partial charge in [-0.25, -0.2) is 4.68 Å². The van der Waals surface area contributed by atoms with E-state index in [-0.39, 0.29) is 17.9 Å². The molecule has 0 bridgehead atoms. The second kappa shape index (κ2) is 4.63. The maximum absolute atomic E-state index is 12.0. The third kappa shape index (κ3) is 2.50. The third-order valence-electron chi connectivity index (χ3n) is 2.42. The molecule has 0 saturated heterocycles. The van der Waals surface area contributed by atoms with Crippen LogP contribution in [0, 0.1) is 13.8 Å². The van der Waals surface area contributed by atoms with Crippen molar-refractivity contribution in [1.82, 2.24) is 9.78 Å². The first-order valence-electron chi connectivity index (χ1n) is 5.20. The van der Waals surface area contributed by atoms with Gasteiger partial charge in [-0.2, -0.15) is 5.10 Å². The Morgan fingerprint density at radius 2 is 2.24 bits per heavy atom. The SMILES string of the molecule is Cc1cc(C(=O)Cn2ncccc2=O)c(C)s1. The minimum Gasteiger partial charge on any atom is -0.292 e. The molecular formula is C12H12N2O2S. The lowest BCUT2D eigenvalue weighted by atomic mass is 10.1. The number of aryl methyl sites for hydroxylation is 2. The van der Waals surface area contributed by atoms with E-state index >= 15 is 0 Å². The molecule has 0 amide bonds. The molecule has 0 aliphatic carbocycles. The predicted molar refractivity (Wildman–Crippen MR) is 66.6 cm³/mol. The van der Waals surface area contributed by atoms with Gasteiger partial charge in [0.15, 0.2) is 5.78 Å². The van der Waals surface area contributed by atoms with Gasteiger partial charge in [0.2, 0.25) is 0 Å². The van der Waals surface area contributed by atoms with Crippen molar-refractivity contribution in [1.29, 1.82) is 0 Å². The van der Waals surface area contributed by atoms with E-state index in [0.29, 0.717) is 5.56 Å². The van der Waals surface area contributed by atoms with Gasteiger partial charge in [-0.3, -0.25) is 9.59 Å². The van der Waals surface area contributed by atoms with Gasteiger partial charge >= 0.3 is 0 Å². The van der Waals surface area contributed by atoms with Gasteiger partial charge in [0.1, 0.15) is 6.54 Å². The highest BCUT2D eigenvalue weighted by Crippen LogP contribution is 2.21. The zero-order valence-electron chi connectivity index (χ0n) is 9.64. The number of Topliss-reactive ketones (excluding diaryl/α,β-unsaturated/α-hetero) is 1. The van der Waals surface area contributed by atoms with E-state index in [4.69, 9.17) is 0 Å². The molecule has 0 atom stereocenters. The van der Waals surface area contributed by atoms with Crippen LogP contribution in [0.1, 0.15) is 20.1 Å². The van der Waals surface area contributed by atoms with Crippen molar-refractivity contribution in [3.8, 4) is 0 Å². The predicted octanol–water partition coefficient (Wildman–Crippen LogP) is 1.80. The molecule has 88 valence electrons. The molecule has 2 aromatic rings. The number of thiophene rings is 1. The molecule has 2 heterocycles. The Bertz CT molecular complexity index is 613. The topological polar surface area (TPSA) is 52.0 Å². The number of nitrogens with zero attached hydrogens (tertiary/aromatic N) is 2. The van der Waals surface area contributed by atoms with Crippen molar-refractivity contribution in [2.75, 3.05) is 0 Å². The summed E-state index contributed by atoms with van der Waals surface area (Å²) in [6.07, 6.45) is 1.50. The largest absolute Gasteiger partial charge is 0.292 e. The average Bonchev–Trinajstić information content (AvgIpc) is 2.61. The van der Waals surface area contributed by atoms with Gasteiger partial charge in [-0.15, -0.1) is 11.3 Å². The lowest BCUT2D eigenvalue weighted by Crippen LogP contribution is -2.25. The summed E-state index contributed by atoms with van der Waals surface area (Å²) < 4.78 is 1.18. The summed E-state index contributed by atoms with van der Waals surface area (Å²) >= 11 is 1.58. The number of hydrogen-bond acceptors (Lipinski definition) is 4. The van der Waals surface area contributed by atoms with Crippen LogP contribution >= 0.6 is 11.3 Å². The molecule has 0 aliphatic rings. The van der Waals surface area contributed by atoms with E-state index in [0.717, 1.165) is 9.75 Å². The molecule has 0 radical (unpaired) electrons. The highest BCUT2D eigenvalue weighted by Gasteiger charge is 2.13. The Kier molecular flexibility index (Phi) is 3.19. The van der Waals surface area contributed by atoms with Crippen LogP contribution in [0.3, 0.4) is 0 Å². The number of ketones is 1. The summed E-state index contributed by atoms with van der Waals surface area (Å²) in [5, 5.41) is 3.87. The summed E-state index contributed by atoms with van der Waals surface area (Å²) in [6, 6.07) is 4.81. The highest BCUT2D eigenvalue weighted by molar-refractivity contribution is 7.12. The molecule has 5 heteroatoms. The van der Waals surface area contributed by atoms with Crippen LogP contribution in [0.5, 0.6) is 0 Å². The van der Waals surface area contributed by atoms with Crippen molar-refractivity contribution >= 4 is 17.1 Å². The molecule has 17 heavy (non-hydrogen) atoms. The van der Waals surface area contributed by atoms with Crippen LogP contribution in [-0.2, 0) is 6.54 Å². The van der Waals surface area contributed by atoms with Crippen molar-refractivity contribution in [2.24, 2.45) is 0 Å². The molecule has 2 rings (SSSR count). The van der Waals surface area contributed by atoms with Crippen LogP contribution < -0.4 is 5.56 Å². The Balaban J connectivity index is 2.26. The first-order valence-corrected chi connectivity index (χ1v) is 6.02. The standard InChI is InChI=1S/C12H12N2O2S/c1-8-6-10(9(2)17-8)11(15)7-14-12(16)4-3-5-13-14/h3-6H,7H2,1-2H3. The van der Waals surface area contributed by atoms with Crippen molar-refractivity contribution in [2.45, 2.75) is 20.4 Å². The maximum Gasteiger partial charge on any atom is 0.267 e. The minimum atomic E-state index is -0.259. The molecule has 0 spiro atoms. The number of hydrogen-bond donors (Lipinski definition) is 0. The molecular weight excluding hydrogens is 236 g/mol. The summed E-state index contributed by atoms with van der Waals surface area (Å²) in [5.74, 6) is -0.0762. The lowest BCUT2D eigenvalue weighted by Gasteiger charge is -2.02. The quantitative estimate of drug-likeness (QED) is 0.778. The molecule has 0 aliphatic heterocycles. The minimum absolute atomic E-state index is 0.00329. The van der Waals surface area contributed by atoms with Gasteiger partial charge in [-0.05, 0) is 26.0 Å². The van der Waals surface area contributed by atoms with Crippen LogP contribution in [0.4, 0.5) is 0 Å². The highest BCUT2D eigenvalue weighted by atomic mass is 32.1. The van der Waals surface area contributed by atoms with Gasteiger partial charge in [0, 0.05) is 27.6 Å². The molecule has 0 unspecified atom stereocenters. The van der Waals surface area contributed by atoms with E-state index in [2.05, 4.69) is 5.10 Å². The fraction of sp³-hybridized carbons (Fsp3) is 0.250. The second-order valence-electron chi connectivity index (χ2n) is 3.77. The fourth-order valence-corrected chi connectivity index (χ4v) is 2.58. The number of rotatable bonds is 3. The van der Waals surface area contributed by atoms with Crippen LogP contribution in [0.2, 0.25) is 0 Å². The van der Waals surface area contributed by atoms with Crippen LogP contribution in [0.15, 0.2) is 29.2 Å². The first kappa shape index (κ1) is 11.7. The first-order chi connectivity index (χ1) is 8.08. The van der Waals surface area contributed by atoms with E-state index in [9.17, 15) is 9.59 Å². The molecule has 2 aromatic heterocycles. The van der Waals surface area contributed by atoms with E-state index in [1.54, 1.807) is 17.4 Å². The Morgan fingerprint density at radius 1 is 1.47 bits per heavy atom. The smallest absolute Gasteiger partial charge is 0.267 e. The molecule has 0 N–H and O–H groups in total. The lowest BCUT2D eigenvalue weighted by molar-refractivity contribution is 0.0965. The van der Waals surface area contributed by atoms with E-state index in [1.807, 2.05) is 19.9 Å². The molecule has 4 nitrogen and oxygen atoms in total. The molecule has 0 fully saturated rings. The summed E-state index contributed by atoms with van der Waals surface area (Å²) in [7, 11) is 0. The number of carbonyl (C=O) groups is 1. The Labute approximate surface area is 103 Å².